The van der Waals surface area contributed by atoms with E-state index in [1.165, 1.54) is 0 Å². The molecule has 126 valence electrons. The van der Waals surface area contributed by atoms with Crippen LogP contribution in [-0.2, 0) is 16.8 Å². The van der Waals surface area contributed by atoms with E-state index in [0.717, 1.165) is 23.2 Å². The second-order valence-electron chi connectivity index (χ2n) is 6.31. The molecule has 1 heterocycles. The largest absolute Gasteiger partial charge is 0.324 e. The number of nitrogens with one attached hydrogen (secondary N) is 2. The number of amides is 1. The zero-order valence-electron chi connectivity index (χ0n) is 13.7. The van der Waals surface area contributed by atoms with Crippen molar-refractivity contribution >= 4 is 34.8 Å². The van der Waals surface area contributed by atoms with E-state index >= 15 is 0 Å². The van der Waals surface area contributed by atoms with E-state index < -0.39 is 5.54 Å². The number of hydrogen-bond acceptors (Lipinski definition) is 2. The number of carbonyl (C=O) groups excluding carboxylic acids is 1. The molecule has 0 radical (unpaired) electrons. The molecule has 0 aliphatic carbocycles. The molecule has 1 amide bonds. The molecule has 2 aromatic rings. The van der Waals surface area contributed by atoms with Gasteiger partial charge in [-0.3, -0.25) is 10.1 Å². The predicted molar refractivity (Wildman–Crippen MR) is 99.8 cm³/mol. The maximum absolute atomic E-state index is 13.0. The fourth-order valence-corrected chi connectivity index (χ4v) is 3.57. The average molecular weight is 363 g/mol. The molecule has 1 aliphatic heterocycles. The van der Waals surface area contributed by atoms with Crippen LogP contribution in [0.2, 0.25) is 10.0 Å². The lowest BCUT2D eigenvalue weighted by atomic mass is 9.84. The van der Waals surface area contributed by atoms with Crippen molar-refractivity contribution in [2.45, 2.75) is 38.3 Å². The Kier molecular flexibility index (Phi) is 4.86. The molecule has 1 aliphatic rings. The van der Waals surface area contributed by atoms with Crippen LogP contribution in [0.3, 0.4) is 0 Å². The number of carbonyl (C=O) groups is 1. The molecule has 2 N–H and O–H groups in total. The van der Waals surface area contributed by atoms with E-state index in [0.29, 0.717) is 16.5 Å². The van der Waals surface area contributed by atoms with Crippen LogP contribution >= 0.6 is 23.2 Å². The van der Waals surface area contributed by atoms with Crippen molar-refractivity contribution < 1.29 is 4.79 Å². The third-order valence-electron chi connectivity index (χ3n) is 4.54. The van der Waals surface area contributed by atoms with Gasteiger partial charge in [0.25, 0.3) is 0 Å². The molecule has 2 aromatic carbocycles. The zero-order chi connectivity index (χ0) is 17.3. The van der Waals surface area contributed by atoms with Gasteiger partial charge in [0.2, 0.25) is 5.91 Å². The fourth-order valence-electron chi connectivity index (χ4n) is 3.19. The molecule has 2 unspecified atom stereocenters. The summed E-state index contributed by atoms with van der Waals surface area (Å²) in [5.74, 6) is -0.0555. The van der Waals surface area contributed by atoms with Gasteiger partial charge in [0.15, 0.2) is 0 Å². The summed E-state index contributed by atoms with van der Waals surface area (Å²) in [6, 6.07) is 13.4. The van der Waals surface area contributed by atoms with Gasteiger partial charge < -0.3 is 5.32 Å². The summed E-state index contributed by atoms with van der Waals surface area (Å²) in [5.41, 5.74) is 1.89. The van der Waals surface area contributed by atoms with Crippen LogP contribution in [0.1, 0.15) is 31.4 Å². The van der Waals surface area contributed by atoms with Gasteiger partial charge in [-0.1, -0.05) is 48.3 Å². The maximum atomic E-state index is 13.0. The normalized spacial score (nSPS) is 20.6. The average Bonchev–Trinajstić information content (AvgIpc) is 2.78. The highest BCUT2D eigenvalue weighted by atomic mass is 35.5. The minimum absolute atomic E-state index is 0.0555. The van der Waals surface area contributed by atoms with Gasteiger partial charge in [0, 0.05) is 33.8 Å². The quantitative estimate of drug-likeness (QED) is 0.803. The SMILES string of the molecule is CCC(C)NC1(Cc2cccc(Cl)c2)C(=O)Nc2cc(Cl)ccc21. The van der Waals surface area contributed by atoms with E-state index in [4.69, 9.17) is 23.2 Å². The number of anilines is 1. The van der Waals surface area contributed by atoms with Crippen molar-refractivity contribution in [2.75, 3.05) is 5.32 Å². The lowest BCUT2D eigenvalue weighted by Gasteiger charge is -2.32. The molecule has 24 heavy (non-hydrogen) atoms. The number of halogens is 2. The van der Waals surface area contributed by atoms with Crippen molar-refractivity contribution in [3.8, 4) is 0 Å². The monoisotopic (exact) mass is 362 g/mol. The van der Waals surface area contributed by atoms with Crippen LogP contribution in [0.5, 0.6) is 0 Å². The number of benzene rings is 2. The minimum atomic E-state index is -0.819. The molecule has 0 bridgehead atoms. The Morgan fingerprint density at radius 3 is 2.62 bits per heavy atom. The third-order valence-corrected chi connectivity index (χ3v) is 5.01. The Morgan fingerprint density at radius 1 is 1.17 bits per heavy atom. The molecule has 0 fully saturated rings. The van der Waals surface area contributed by atoms with Crippen molar-refractivity contribution in [3.63, 3.8) is 0 Å². The highest BCUT2D eigenvalue weighted by Gasteiger charge is 2.47. The standard InChI is InChI=1S/C19H20Cl2N2O/c1-3-12(2)23-19(11-13-5-4-6-14(20)9-13)16-8-7-15(21)10-17(16)22-18(19)24/h4-10,12,23H,3,11H2,1-2H3,(H,22,24). The summed E-state index contributed by atoms with van der Waals surface area (Å²) in [6.07, 6.45) is 1.45. The lowest BCUT2D eigenvalue weighted by molar-refractivity contribution is -0.122. The van der Waals surface area contributed by atoms with Crippen LogP contribution in [0.25, 0.3) is 0 Å². The van der Waals surface area contributed by atoms with Gasteiger partial charge >= 0.3 is 0 Å². The molecule has 3 nitrogen and oxygen atoms in total. The van der Waals surface area contributed by atoms with Crippen molar-refractivity contribution in [2.24, 2.45) is 0 Å². The van der Waals surface area contributed by atoms with E-state index in [1.807, 2.05) is 36.4 Å². The molecule has 0 saturated heterocycles. The van der Waals surface area contributed by atoms with Crippen LogP contribution in [0.15, 0.2) is 42.5 Å². The minimum Gasteiger partial charge on any atom is -0.324 e. The lowest BCUT2D eigenvalue weighted by Crippen LogP contribution is -2.53. The summed E-state index contributed by atoms with van der Waals surface area (Å²) in [5, 5.41) is 7.79. The summed E-state index contributed by atoms with van der Waals surface area (Å²) in [7, 11) is 0. The number of hydrogen-bond donors (Lipinski definition) is 2. The number of rotatable bonds is 5. The molecule has 0 aromatic heterocycles. The van der Waals surface area contributed by atoms with Crippen molar-refractivity contribution in [1.29, 1.82) is 0 Å². The summed E-state index contributed by atoms with van der Waals surface area (Å²) >= 11 is 12.2. The third kappa shape index (κ3) is 3.16. The second kappa shape index (κ2) is 6.75. The first-order chi connectivity index (χ1) is 11.4. The van der Waals surface area contributed by atoms with Crippen molar-refractivity contribution in [3.05, 3.63) is 63.6 Å². The second-order valence-corrected chi connectivity index (χ2v) is 7.18. The van der Waals surface area contributed by atoms with E-state index in [9.17, 15) is 4.79 Å². The highest BCUT2D eigenvalue weighted by Crippen LogP contribution is 2.40. The van der Waals surface area contributed by atoms with Gasteiger partial charge in [-0.2, -0.15) is 0 Å². The molecule has 3 rings (SSSR count). The predicted octanol–water partition coefficient (Wildman–Crippen LogP) is 4.77. The molecule has 2 atom stereocenters. The Labute approximate surface area is 152 Å². The Hall–Kier alpha value is -1.55. The topological polar surface area (TPSA) is 41.1 Å². The first-order valence-electron chi connectivity index (χ1n) is 8.08. The van der Waals surface area contributed by atoms with Gasteiger partial charge in [0.1, 0.15) is 5.54 Å². The molecular formula is C19H20Cl2N2O. The van der Waals surface area contributed by atoms with Crippen LogP contribution < -0.4 is 10.6 Å². The first kappa shape index (κ1) is 17.3. The van der Waals surface area contributed by atoms with Crippen LogP contribution in [-0.4, -0.2) is 11.9 Å². The molecule has 0 spiro atoms. The maximum Gasteiger partial charge on any atom is 0.249 e. The van der Waals surface area contributed by atoms with Gasteiger partial charge in [-0.05, 0) is 43.2 Å². The van der Waals surface area contributed by atoms with E-state index in [2.05, 4.69) is 24.5 Å². The fraction of sp³-hybridized carbons (Fsp3) is 0.316. The van der Waals surface area contributed by atoms with Crippen molar-refractivity contribution in [1.82, 2.24) is 5.32 Å². The van der Waals surface area contributed by atoms with Gasteiger partial charge in [-0.25, -0.2) is 0 Å². The molecule has 0 saturated carbocycles. The summed E-state index contributed by atoms with van der Waals surface area (Å²) in [4.78, 5) is 13.0. The first-order valence-corrected chi connectivity index (χ1v) is 8.84. The number of fused-ring (bicyclic) bond motifs is 1. The Bertz CT molecular complexity index is 778. The Morgan fingerprint density at radius 2 is 1.92 bits per heavy atom. The molecule has 5 heteroatoms. The summed E-state index contributed by atoms with van der Waals surface area (Å²) < 4.78 is 0. The van der Waals surface area contributed by atoms with Crippen LogP contribution in [0.4, 0.5) is 5.69 Å². The van der Waals surface area contributed by atoms with E-state index in [1.54, 1.807) is 6.07 Å². The highest BCUT2D eigenvalue weighted by molar-refractivity contribution is 6.31. The molecular weight excluding hydrogens is 343 g/mol. The smallest absolute Gasteiger partial charge is 0.249 e. The van der Waals surface area contributed by atoms with Gasteiger partial charge in [0.05, 0.1) is 0 Å². The van der Waals surface area contributed by atoms with Crippen LogP contribution in [0, 0.1) is 0 Å². The van der Waals surface area contributed by atoms with Gasteiger partial charge in [-0.15, -0.1) is 0 Å². The zero-order valence-corrected chi connectivity index (χ0v) is 15.2. The summed E-state index contributed by atoms with van der Waals surface area (Å²) in [6.45, 7) is 4.18. The van der Waals surface area contributed by atoms with E-state index in [-0.39, 0.29) is 11.9 Å². The Balaban J connectivity index is 2.08.